The van der Waals surface area contributed by atoms with Gasteiger partial charge in [0.05, 0.1) is 11.1 Å². The van der Waals surface area contributed by atoms with Crippen LogP contribution in [0.4, 0.5) is 0 Å². The molecule has 1 saturated heterocycles. The summed E-state index contributed by atoms with van der Waals surface area (Å²) in [6, 6.07) is 7.50. The molecule has 0 radical (unpaired) electrons. The first kappa shape index (κ1) is 21.8. The van der Waals surface area contributed by atoms with Gasteiger partial charge in [-0.3, -0.25) is 19.5 Å². The number of carbonyl (C=O) groups is 2. The molecule has 2 fully saturated rings. The lowest BCUT2D eigenvalue weighted by atomic mass is 10.1. The maximum Gasteiger partial charge on any atom is 0.261 e. The Hall–Kier alpha value is -2.41. The number of hydrogen-bond acceptors (Lipinski definition) is 4. The fraction of sp³-hybridized carbons (Fsp3) is 0.625. The van der Waals surface area contributed by atoms with Crippen LogP contribution in [-0.4, -0.2) is 73.4 Å². The van der Waals surface area contributed by atoms with Gasteiger partial charge in [-0.1, -0.05) is 25.0 Å². The molecule has 2 amide bonds. The van der Waals surface area contributed by atoms with Gasteiger partial charge in [-0.25, -0.2) is 0 Å². The Labute approximate surface area is 185 Å². The number of hydrogen-bond donors (Lipinski definition) is 2. The van der Waals surface area contributed by atoms with E-state index in [2.05, 4.69) is 20.5 Å². The van der Waals surface area contributed by atoms with Gasteiger partial charge in [0.1, 0.15) is 0 Å². The van der Waals surface area contributed by atoms with Gasteiger partial charge in [-0.15, -0.1) is 0 Å². The molecule has 3 aliphatic rings. The summed E-state index contributed by atoms with van der Waals surface area (Å²) >= 11 is 0. The fourth-order valence-electron chi connectivity index (χ4n) is 5.11. The van der Waals surface area contributed by atoms with E-state index >= 15 is 0 Å². The maximum absolute atomic E-state index is 12.4. The highest BCUT2D eigenvalue weighted by Gasteiger charge is 2.34. The van der Waals surface area contributed by atoms with Crippen molar-refractivity contribution in [3.8, 4) is 0 Å². The first-order chi connectivity index (χ1) is 15.2. The average Bonchev–Trinajstić information content (AvgIpc) is 3.51. The molecule has 2 heterocycles. The van der Waals surface area contributed by atoms with Gasteiger partial charge in [-0.2, -0.15) is 0 Å². The number of likely N-dealkylation sites (tertiary alicyclic amines) is 1. The molecule has 1 aliphatic carbocycles. The van der Waals surface area contributed by atoms with Crippen LogP contribution in [0.15, 0.2) is 29.3 Å². The minimum atomic E-state index is -0.172. The lowest BCUT2D eigenvalue weighted by Crippen LogP contribution is -2.45. The van der Waals surface area contributed by atoms with E-state index in [-0.39, 0.29) is 11.8 Å². The molecule has 1 aromatic carbocycles. The number of nitrogens with zero attached hydrogens (tertiary/aromatic N) is 3. The van der Waals surface area contributed by atoms with Gasteiger partial charge in [-0.05, 0) is 50.2 Å². The lowest BCUT2D eigenvalue weighted by molar-refractivity contribution is 0.0652. The second-order valence-corrected chi connectivity index (χ2v) is 9.05. The first-order valence-corrected chi connectivity index (χ1v) is 11.8. The van der Waals surface area contributed by atoms with E-state index in [1.165, 1.54) is 43.7 Å². The van der Waals surface area contributed by atoms with E-state index in [0.717, 1.165) is 44.2 Å². The zero-order valence-corrected chi connectivity index (χ0v) is 18.6. The first-order valence-electron chi connectivity index (χ1n) is 11.8. The van der Waals surface area contributed by atoms with Crippen LogP contribution in [0.25, 0.3) is 0 Å². The smallest absolute Gasteiger partial charge is 0.261 e. The maximum atomic E-state index is 12.4. The number of guanidine groups is 1. The normalized spacial score (nSPS) is 22.4. The van der Waals surface area contributed by atoms with Crippen LogP contribution in [-0.2, 0) is 0 Å². The fourth-order valence-corrected chi connectivity index (χ4v) is 5.11. The largest absolute Gasteiger partial charge is 0.356 e. The number of amides is 2. The second-order valence-electron chi connectivity index (χ2n) is 9.05. The quantitative estimate of drug-likeness (QED) is 0.290. The number of aliphatic imine (C=N–C) groups is 1. The summed E-state index contributed by atoms with van der Waals surface area (Å²) in [6.45, 7) is 4.74. The van der Waals surface area contributed by atoms with Crippen molar-refractivity contribution >= 4 is 17.8 Å². The zero-order valence-electron chi connectivity index (χ0n) is 18.6. The molecule has 1 atom stereocenters. The van der Waals surface area contributed by atoms with Gasteiger partial charge in [0.15, 0.2) is 5.96 Å². The number of imide groups is 1. The Balaban J connectivity index is 1.13. The zero-order chi connectivity index (χ0) is 21.6. The lowest BCUT2D eigenvalue weighted by Gasteiger charge is -2.21. The summed E-state index contributed by atoms with van der Waals surface area (Å²) in [4.78, 5) is 33.2. The van der Waals surface area contributed by atoms with E-state index in [4.69, 9.17) is 0 Å². The molecule has 0 aromatic heterocycles. The van der Waals surface area contributed by atoms with E-state index < -0.39 is 0 Å². The molecule has 0 spiro atoms. The third-order valence-corrected chi connectivity index (χ3v) is 6.81. The number of rotatable bonds is 8. The highest BCUT2D eigenvalue weighted by atomic mass is 16.2. The molecule has 7 heteroatoms. The number of unbranched alkanes of at least 4 members (excludes halogenated alkanes) is 1. The molecule has 2 N–H and O–H groups in total. The number of fused-ring (bicyclic) bond motifs is 1. The highest BCUT2D eigenvalue weighted by Crippen LogP contribution is 2.26. The van der Waals surface area contributed by atoms with E-state index in [1.807, 2.05) is 0 Å². The van der Waals surface area contributed by atoms with E-state index in [0.29, 0.717) is 23.7 Å². The molecule has 7 nitrogen and oxygen atoms in total. The molecule has 2 aliphatic heterocycles. The summed E-state index contributed by atoms with van der Waals surface area (Å²) < 4.78 is 0. The number of nitrogens with one attached hydrogen (secondary N) is 2. The Morgan fingerprint density at radius 3 is 2.45 bits per heavy atom. The monoisotopic (exact) mass is 425 g/mol. The Morgan fingerprint density at radius 2 is 1.77 bits per heavy atom. The topological polar surface area (TPSA) is 77.0 Å². The van der Waals surface area contributed by atoms with Crippen LogP contribution in [0.3, 0.4) is 0 Å². The Kier molecular flexibility index (Phi) is 7.22. The third-order valence-electron chi connectivity index (χ3n) is 6.81. The van der Waals surface area contributed by atoms with Crippen LogP contribution < -0.4 is 10.6 Å². The van der Waals surface area contributed by atoms with Gasteiger partial charge in [0.2, 0.25) is 0 Å². The van der Waals surface area contributed by atoms with Crippen molar-refractivity contribution in [2.45, 2.75) is 51.0 Å². The van der Waals surface area contributed by atoms with Crippen molar-refractivity contribution in [1.29, 1.82) is 0 Å². The molecule has 1 aromatic rings. The molecule has 31 heavy (non-hydrogen) atoms. The van der Waals surface area contributed by atoms with Crippen LogP contribution in [0.2, 0.25) is 0 Å². The average molecular weight is 426 g/mol. The van der Waals surface area contributed by atoms with Crippen LogP contribution in [0.5, 0.6) is 0 Å². The van der Waals surface area contributed by atoms with Crippen molar-refractivity contribution < 1.29 is 9.59 Å². The van der Waals surface area contributed by atoms with Crippen molar-refractivity contribution in [2.75, 3.05) is 39.8 Å². The van der Waals surface area contributed by atoms with Crippen LogP contribution in [0.1, 0.15) is 65.7 Å². The minimum Gasteiger partial charge on any atom is -0.356 e. The molecule has 4 rings (SSSR count). The molecule has 1 unspecified atom stereocenters. The van der Waals surface area contributed by atoms with Crippen molar-refractivity contribution in [2.24, 2.45) is 10.9 Å². The third kappa shape index (κ3) is 5.26. The molecular formula is C24H35N5O2. The summed E-state index contributed by atoms with van der Waals surface area (Å²) in [5.74, 6) is 1.40. The Bertz CT molecular complexity index is 783. The van der Waals surface area contributed by atoms with Crippen LogP contribution >= 0.6 is 0 Å². The predicted molar refractivity (Wildman–Crippen MR) is 122 cm³/mol. The minimum absolute atomic E-state index is 0.172. The second kappa shape index (κ2) is 10.3. The standard InChI is InChI=1S/C24H35N5O2/c1-25-24(27-19-12-15-28(17-19)16-18-8-2-3-9-18)26-13-6-7-14-29-22(30)20-10-4-5-11-21(20)23(29)31/h4-5,10-11,18-19H,2-3,6-9,12-17H2,1H3,(H2,25,26,27). The van der Waals surface area contributed by atoms with Crippen molar-refractivity contribution in [1.82, 2.24) is 20.4 Å². The molecule has 1 saturated carbocycles. The molecule has 0 bridgehead atoms. The van der Waals surface area contributed by atoms with E-state index in [9.17, 15) is 9.59 Å². The van der Waals surface area contributed by atoms with Crippen molar-refractivity contribution in [3.63, 3.8) is 0 Å². The highest BCUT2D eigenvalue weighted by molar-refractivity contribution is 6.21. The summed E-state index contributed by atoms with van der Waals surface area (Å²) in [6.07, 6.45) is 8.42. The summed E-state index contributed by atoms with van der Waals surface area (Å²) in [5, 5.41) is 6.94. The summed E-state index contributed by atoms with van der Waals surface area (Å²) in [5.41, 5.74) is 1.04. The van der Waals surface area contributed by atoms with Crippen molar-refractivity contribution in [3.05, 3.63) is 35.4 Å². The number of carbonyl (C=O) groups excluding carboxylic acids is 2. The number of benzene rings is 1. The summed E-state index contributed by atoms with van der Waals surface area (Å²) in [7, 11) is 1.80. The predicted octanol–water partition coefficient (Wildman–Crippen LogP) is 2.49. The van der Waals surface area contributed by atoms with Crippen LogP contribution in [0, 0.1) is 5.92 Å². The van der Waals surface area contributed by atoms with Gasteiger partial charge in [0, 0.05) is 45.8 Å². The van der Waals surface area contributed by atoms with E-state index in [1.54, 1.807) is 31.3 Å². The van der Waals surface area contributed by atoms with Gasteiger partial charge >= 0.3 is 0 Å². The SMILES string of the molecule is CN=C(NCCCCN1C(=O)c2ccccc2C1=O)NC1CCN(CC2CCCC2)C1. The Morgan fingerprint density at radius 1 is 1.06 bits per heavy atom. The molecule has 168 valence electrons. The van der Waals surface area contributed by atoms with Gasteiger partial charge in [0.25, 0.3) is 11.8 Å². The molecular weight excluding hydrogens is 390 g/mol. The van der Waals surface area contributed by atoms with Gasteiger partial charge < -0.3 is 15.5 Å².